The zero-order chi connectivity index (χ0) is 20.6. The van der Waals surface area contributed by atoms with Gasteiger partial charge < -0.3 is 19.9 Å². The molecular formula is C19H36N6O2. The molecule has 27 heavy (non-hydrogen) atoms. The fourth-order valence-corrected chi connectivity index (χ4v) is 2.44. The number of nitrogens with one attached hydrogen (secondary N) is 1. The summed E-state index contributed by atoms with van der Waals surface area (Å²) in [6.07, 6.45) is 4.31. The van der Waals surface area contributed by atoms with E-state index in [1.165, 1.54) is 0 Å². The number of rotatable bonds is 7. The van der Waals surface area contributed by atoms with Gasteiger partial charge in [0, 0.05) is 58.6 Å². The quantitative estimate of drug-likeness (QED) is 0.581. The van der Waals surface area contributed by atoms with Gasteiger partial charge in [-0.2, -0.15) is 5.10 Å². The molecule has 1 atom stereocenters. The van der Waals surface area contributed by atoms with Gasteiger partial charge in [-0.1, -0.05) is 0 Å². The zero-order valence-corrected chi connectivity index (χ0v) is 18.1. The molecule has 154 valence electrons. The van der Waals surface area contributed by atoms with Crippen LogP contribution in [0.25, 0.3) is 0 Å². The number of carbonyl (C=O) groups excluding carboxylic acids is 1. The van der Waals surface area contributed by atoms with Crippen LogP contribution in [0, 0.1) is 0 Å². The lowest BCUT2D eigenvalue weighted by Crippen LogP contribution is -2.40. The van der Waals surface area contributed by atoms with Gasteiger partial charge in [-0.3, -0.25) is 9.67 Å². The highest BCUT2D eigenvalue weighted by Gasteiger charge is 2.22. The average molecular weight is 381 g/mol. The average Bonchev–Trinajstić information content (AvgIpc) is 2.96. The molecule has 0 spiro atoms. The summed E-state index contributed by atoms with van der Waals surface area (Å²) in [6, 6.07) is 0.0371. The Hall–Kier alpha value is -2.25. The summed E-state index contributed by atoms with van der Waals surface area (Å²) in [6.45, 7) is 11.8. The zero-order valence-electron chi connectivity index (χ0n) is 18.1. The van der Waals surface area contributed by atoms with E-state index >= 15 is 0 Å². The maximum atomic E-state index is 12.2. The van der Waals surface area contributed by atoms with E-state index in [2.05, 4.69) is 15.3 Å². The second kappa shape index (κ2) is 10.2. The molecule has 0 aromatic carbocycles. The molecule has 0 aliphatic heterocycles. The Morgan fingerprint density at radius 1 is 1.41 bits per heavy atom. The molecule has 0 aliphatic carbocycles. The van der Waals surface area contributed by atoms with E-state index in [0.717, 1.165) is 31.0 Å². The highest BCUT2D eigenvalue weighted by Crippen LogP contribution is 2.12. The largest absolute Gasteiger partial charge is 0.444 e. The van der Waals surface area contributed by atoms with Crippen LogP contribution in [-0.4, -0.2) is 70.5 Å². The van der Waals surface area contributed by atoms with Crippen molar-refractivity contribution in [2.75, 3.05) is 27.2 Å². The van der Waals surface area contributed by atoms with Crippen molar-refractivity contribution in [2.45, 2.75) is 59.2 Å². The molecular weight excluding hydrogens is 344 g/mol. The molecule has 0 aliphatic rings. The minimum absolute atomic E-state index is 0.0371. The first-order valence-corrected chi connectivity index (χ1v) is 9.46. The number of aromatic nitrogens is 2. The van der Waals surface area contributed by atoms with Crippen LogP contribution in [0.2, 0.25) is 0 Å². The lowest BCUT2D eigenvalue weighted by molar-refractivity contribution is 0.0231. The van der Waals surface area contributed by atoms with Gasteiger partial charge in [-0.25, -0.2) is 4.79 Å². The van der Waals surface area contributed by atoms with Gasteiger partial charge in [0.15, 0.2) is 5.96 Å². The van der Waals surface area contributed by atoms with Crippen molar-refractivity contribution in [3.8, 4) is 0 Å². The molecule has 1 rings (SSSR count). The van der Waals surface area contributed by atoms with Crippen molar-refractivity contribution in [1.29, 1.82) is 0 Å². The Morgan fingerprint density at radius 2 is 2.07 bits per heavy atom. The fourth-order valence-electron chi connectivity index (χ4n) is 2.44. The van der Waals surface area contributed by atoms with E-state index in [9.17, 15) is 4.79 Å². The number of carbonyl (C=O) groups is 1. The molecule has 1 heterocycles. The first kappa shape index (κ1) is 22.8. The van der Waals surface area contributed by atoms with Gasteiger partial charge in [-0.15, -0.1) is 0 Å². The summed E-state index contributed by atoms with van der Waals surface area (Å²) in [4.78, 5) is 20.6. The Balaban J connectivity index is 2.60. The monoisotopic (exact) mass is 380 g/mol. The van der Waals surface area contributed by atoms with E-state index in [4.69, 9.17) is 9.73 Å². The van der Waals surface area contributed by atoms with Gasteiger partial charge in [0.2, 0.25) is 0 Å². The summed E-state index contributed by atoms with van der Waals surface area (Å²) < 4.78 is 7.21. The molecule has 1 amide bonds. The molecule has 0 bridgehead atoms. The summed E-state index contributed by atoms with van der Waals surface area (Å²) in [5, 5.41) is 7.51. The number of aryl methyl sites for hydroxylation is 1. The maximum Gasteiger partial charge on any atom is 0.410 e. The van der Waals surface area contributed by atoms with Crippen LogP contribution in [-0.2, 0) is 18.3 Å². The number of guanidine groups is 1. The van der Waals surface area contributed by atoms with Crippen molar-refractivity contribution in [3.05, 3.63) is 18.0 Å². The molecule has 1 aromatic heterocycles. The number of ether oxygens (including phenoxy) is 1. The van der Waals surface area contributed by atoms with Gasteiger partial charge in [0.1, 0.15) is 5.60 Å². The predicted octanol–water partition coefficient (Wildman–Crippen LogP) is 2.46. The van der Waals surface area contributed by atoms with Crippen LogP contribution in [0.5, 0.6) is 0 Å². The third kappa shape index (κ3) is 8.32. The number of hydrogen-bond acceptors (Lipinski definition) is 4. The van der Waals surface area contributed by atoms with E-state index in [1.807, 2.05) is 61.1 Å². The van der Waals surface area contributed by atoms with Crippen molar-refractivity contribution in [1.82, 2.24) is 24.9 Å². The smallest absolute Gasteiger partial charge is 0.410 e. The summed E-state index contributed by atoms with van der Waals surface area (Å²) in [5.74, 6) is 0.841. The Morgan fingerprint density at radius 3 is 2.59 bits per heavy atom. The second-order valence-electron chi connectivity index (χ2n) is 7.84. The first-order chi connectivity index (χ1) is 12.5. The number of nitrogens with zero attached hydrogens (tertiary/aromatic N) is 5. The lowest BCUT2D eigenvalue weighted by Gasteiger charge is -2.28. The Bertz CT molecular complexity index is 620. The Labute approximate surface area is 163 Å². The number of amides is 1. The van der Waals surface area contributed by atoms with Gasteiger partial charge in [0.05, 0.1) is 6.20 Å². The lowest BCUT2D eigenvalue weighted by atomic mass is 10.2. The Kier molecular flexibility index (Phi) is 8.59. The molecule has 1 aromatic rings. The van der Waals surface area contributed by atoms with Crippen LogP contribution >= 0.6 is 0 Å². The number of hydrogen-bond donors (Lipinski definition) is 1. The topological polar surface area (TPSA) is 75.0 Å². The van der Waals surface area contributed by atoms with Crippen molar-refractivity contribution >= 4 is 12.1 Å². The van der Waals surface area contributed by atoms with Crippen molar-refractivity contribution < 1.29 is 9.53 Å². The van der Waals surface area contributed by atoms with Crippen molar-refractivity contribution in [2.24, 2.45) is 12.0 Å². The van der Waals surface area contributed by atoms with Crippen LogP contribution in [0.3, 0.4) is 0 Å². The van der Waals surface area contributed by atoms with E-state index < -0.39 is 5.60 Å². The minimum atomic E-state index is -0.490. The molecule has 1 N–H and O–H groups in total. The number of aliphatic imine (C=N–C) groups is 1. The van der Waals surface area contributed by atoms with E-state index in [0.29, 0.717) is 6.54 Å². The van der Waals surface area contributed by atoms with Gasteiger partial charge in [0.25, 0.3) is 0 Å². The molecule has 0 saturated carbocycles. The summed E-state index contributed by atoms with van der Waals surface area (Å²) in [5.41, 5.74) is 0.639. The van der Waals surface area contributed by atoms with Crippen LogP contribution < -0.4 is 5.32 Å². The molecule has 8 nitrogen and oxygen atoms in total. The first-order valence-electron chi connectivity index (χ1n) is 9.46. The van der Waals surface area contributed by atoms with Gasteiger partial charge in [-0.05, 0) is 41.0 Å². The normalized spacial score (nSPS) is 13.3. The highest BCUT2D eigenvalue weighted by molar-refractivity contribution is 5.79. The van der Waals surface area contributed by atoms with Crippen LogP contribution in [0.1, 0.15) is 46.6 Å². The molecule has 0 saturated heterocycles. The second-order valence-corrected chi connectivity index (χ2v) is 7.84. The minimum Gasteiger partial charge on any atom is -0.444 e. The van der Waals surface area contributed by atoms with Crippen LogP contribution in [0.4, 0.5) is 4.79 Å². The van der Waals surface area contributed by atoms with Crippen LogP contribution in [0.15, 0.2) is 17.4 Å². The standard InChI is InChI=1S/C19H36N6O2/c1-9-20-17(23(6)13-16-12-22-24(7)14-16)21-11-10-15(2)25(8)18(26)27-19(3,4)5/h12,14-15H,9-11,13H2,1-8H3,(H,20,21). The van der Waals surface area contributed by atoms with E-state index in [1.54, 1.807) is 16.6 Å². The third-order valence-electron chi connectivity index (χ3n) is 4.03. The fraction of sp³-hybridized carbons (Fsp3) is 0.737. The highest BCUT2D eigenvalue weighted by atomic mass is 16.6. The molecule has 8 heteroatoms. The molecule has 0 fully saturated rings. The predicted molar refractivity (Wildman–Crippen MR) is 109 cm³/mol. The molecule has 0 radical (unpaired) electrons. The summed E-state index contributed by atoms with van der Waals surface area (Å²) in [7, 11) is 5.68. The maximum absolute atomic E-state index is 12.2. The van der Waals surface area contributed by atoms with E-state index in [-0.39, 0.29) is 12.1 Å². The summed E-state index contributed by atoms with van der Waals surface area (Å²) >= 11 is 0. The third-order valence-corrected chi connectivity index (χ3v) is 4.03. The van der Waals surface area contributed by atoms with Crippen molar-refractivity contribution in [3.63, 3.8) is 0 Å². The molecule has 1 unspecified atom stereocenters. The SMILES string of the molecule is CCNC(=NCCC(C)N(C)C(=O)OC(C)(C)C)N(C)Cc1cnn(C)c1. The van der Waals surface area contributed by atoms with Gasteiger partial charge >= 0.3 is 6.09 Å².